The molecule has 2 heterocycles. The third-order valence-corrected chi connectivity index (χ3v) is 4.61. The van der Waals surface area contributed by atoms with Gasteiger partial charge in [0, 0.05) is 5.92 Å². The van der Waals surface area contributed by atoms with Gasteiger partial charge in [0.05, 0.1) is 10.2 Å². The van der Waals surface area contributed by atoms with Gasteiger partial charge in [-0.25, -0.2) is 4.98 Å². The second-order valence-electron chi connectivity index (χ2n) is 5.75. The highest BCUT2D eigenvalue weighted by Gasteiger charge is 2.30. The molecule has 3 aromatic rings. The zero-order chi connectivity index (χ0) is 16.7. The van der Waals surface area contributed by atoms with Gasteiger partial charge in [-0.15, -0.1) is 0 Å². The molecule has 0 unspecified atom stereocenters. The van der Waals surface area contributed by atoms with Crippen LogP contribution in [0.15, 0.2) is 28.9 Å². The van der Waals surface area contributed by atoms with Crippen LogP contribution in [0.5, 0.6) is 0 Å². The number of hydrogen-bond acceptors (Lipinski definition) is 6. The molecule has 8 heteroatoms. The van der Waals surface area contributed by atoms with E-state index in [0.29, 0.717) is 5.13 Å². The number of hydrogen-bond donors (Lipinski definition) is 2. The van der Waals surface area contributed by atoms with Crippen molar-refractivity contribution < 1.29 is 14.0 Å². The van der Waals surface area contributed by atoms with Crippen LogP contribution in [0.1, 0.15) is 28.9 Å². The molecule has 0 radical (unpaired) electrons. The molecule has 4 rings (SSSR count). The van der Waals surface area contributed by atoms with Crippen LogP contribution in [-0.4, -0.2) is 21.8 Å². The summed E-state index contributed by atoms with van der Waals surface area (Å²) in [6.45, 7) is 2.00. The summed E-state index contributed by atoms with van der Waals surface area (Å²) in [7, 11) is 0. The predicted octanol–water partition coefficient (Wildman–Crippen LogP) is 3.19. The lowest BCUT2D eigenvalue weighted by Crippen LogP contribution is -2.15. The van der Waals surface area contributed by atoms with Crippen LogP contribution in [0.4, 0.5) is 11.1 Å². The molecular formula is C16H14N4O3S. The van der Waals surface area contributed by atoms with Crippen molar-refractivity contribution in [1.29, 1.82) is 0 Å². The van der Waals surface area contributed by atoms with Gasteiger partial charge in [-0.05, 0) is 37.5 Å². The number of nitrogens with zero attached hydrogens (tertiary/aromatic N) is 2. The second-order valence-corrected chi connectivity index (χ2v) is 6.78. The average Bonchev–Trinajstić information content (AvgIpc) is 3.17. The van der Waals surface area contributed by atoms with Crippen LogP contribution in [-0.2, 0) is 4.79 Å². The highest BCUT2D eigenvalue weighted by Crippen LogP contribution is 2.30. The van der Waals surface area contributed by atoms with E-state index in [1.807, 2.05) is 25.1 Å². The van der Waals surface area contributed by atoms with Crippen LogP contribution < -0.4 is 10.6 Å². The SMILES string of the molecule is Cc1ccc2nc(NC(=O)c3coc(NC(=O)C4CC4)n3)sc2c1. The zero-order valence-corrected chi connectivity index (χ0v) is 13.6. The molecule has 2 N–H and O–H groups in total. The van der Waals surface area contributed by atoms with E-state index in [4.69, 9.17) is 4.42 Å². The van der Waals surface area contributed by atoms with Gasteiger partial charge in [0.25, 0.3) is 5.91 Å². The van der Waals surface area contributed by atoms with E-state index in [9.17, 15) is 9.59 Å². The summed E-state index contributed by atoms with van der Waals surface area (Å²) in [4.78, 5) is 32.2. The van der Waals surface area contributed by atoms with E-state index < -0.39 is 5.91 Å². The van der Waals surface area contributed by atoms with E-state index in [-0.39, 0.29) is 23.5 Å². The fourth-order valence-corrected chi connectivity index (χ4v) is 3.19. The fraction of sp³-hybridized carbons (Fsp3) is 0.250. The van der Waals surface area contributed by atoms with E-state index in [1.54, 1.807) is 0 Å². The molecule has 2 amide bonds. The maximum Gasteiger partial charge on any atom is 0.302 e. The summed E-state index contributed by atoms with van der Waals surface area (Å²) in [6.07, 6.45) is 2.99. The van der Waals surface area contributed by atoms with E-state index in [2.05, 4.69) is 20.6 Å². The summed E-state index contributed by atoms with van der Waals surface area (Å²) in [5.74, 6) is -0.507. The molecule has 24 heavy (non-hydrogen) atoms. The van der Waals surface area contributed by atoms with Gasteiger partial charge >= 0.3 is 6.01 Å². The topological polar surface area (TPSA) is 97.1 Å². The predicted molar refractivity (Wildman–Crippen MR) is 90.2 cm³/mol. The van der Waals surface area contributed by atoms with Crippen LogP contribution in [0.2, 0.25) is 0 Å². The van der Waals surface area contributed by atoms with Crippen LogP contribution >= 0.6 is 11.3 Å². The Hall–Kier alpha value is -2.74. The first-order valence-electron chi connectivity index (χ1n) is 7.53. The first kappa shape index (κ1) is 14.8. The molecule has 1 fully saturated rings. The molecule has 0 spiro atoms. The number of aromatic nitrogens is 2. The van der Waals surface area contributed by atoms with Crippen molar-refractivity contribution in [3.05, 3.63) is 35.7 Å². The van der Waals surface area contributed by atoms with Crippen LogP contribution in [0.25, 0.3) is 10.2 Å². The molecule has 2 aromatic heterocycles. The number of carbonyl (C=O) groups is 2. The number of carbonyl (C=O) groups excluding carboxylic acids is 2. The van der Waals surface area contributed by atoms with Crippen molar-refractivity contribution in [2.24, 2.45) is 5.92 Å². The molecule has 7 nitrogen and oxygen atoms in total. The van der Waals surface area contributed by atoms with Crippen molar-refractivity contribution in [3.8, 4) is 0 Å². The molecular weight excluding hydrogens is 328 g/mol. The Morgan fingerprint density at radius 3 is 2.88 bits per heavy atom. The molecule has 0 bridgehead atoms. The molecule has 1 saturated carbocycles. The van der Waals surface area contributed by atoms with Crippen molar-refractivity contribution in [3.63, 3.8) is 0 Å². The number of amides is 2. The van der Waals surface area contributed by atoms with Gasteiger partial charge in [-0.3, -0.25) is 20.2 Å². The van der Waals surface area contributed by atoms with Gasteiger partial charge in [0.1, 0.15) is 6.26 Å². The van der Waals surface area contributed by atoms with Crippen molar-refractivity contribution in [2.45, 2.75) is 19.8 Å². The number of nitrogens with one attached hydrogen (secondary N) is 2. The minimum atomic E-state index is -0.429. The van der Waals surface area contributed by atoms with Gasteiger partial charge < -0.3 is 4.42 Å². The minimum absolute atomic E-state index is 0.0389. The van der Waals surface area contributed by atoms with Gasteiger partial charge in [0.15, 0.2) is 10.8 Å². The van der Waals surface area contributed by atoms with Crippen LogP contribution in [0, 0.1) is 12.8 Å². The standard InChI is InChI=1S/C16H14N4O3S/c1-8-2-5-10-12(6-8)24-16(18-10)20-14(22)11-7-23-15(17-11)19-13(21)9-3-4-9/h2,5-7,9H,3-4H2,1H3,(H,17,19,21)(H,18,20,22). The number of fused-ring (bicyclic) bond motifs is 1. The smallest absolute Gasteiger partial charge is 0.302 e. The second kappa shape index (κ2) is 5.72. The number of rotatable bonds is 4. The monoisotopic (exact) mass is 342 g/mol. The van der Waals surface area contributed by atoms with E-state index in [0.717, 1.165) is 28.6 Å². The molecule has 0 atom stereocenters. The highest BCUT2D eigenvalue weighted by molar-refractivity contribution is 7.22. The largest absolute Gasteiger partial charge is 0.431 e. The first-order valence-corrected chi connectivity index (χ1v) is 8.35. The maximum absolute atomic E-state index is 12.2. The lowest BCUT2D eigenvalue weighted by Gasteiger charge is -1.97. The third-order valence-electron chi connectivity index (χ3n) is 3.68. The molecule has 0 saturated heterocycles. The maximum atomic E-state index is 12.2. The fourth-order valence-electron chi connectivity index (χ4n) is 2.23. The Balaban J connectivity index is 1.46. The lowest BCUT2D eigenvalue weighted by atomic mass is 10.2. The first-order chi connectivity index (χ1) is 11.6. The lowest BCUT2D eigenvalue weighted by molar-refractivity contribution is -0.117. The number of thiazole rings is 1. The minimum Gasteiger partial charge on any atom is -0.431 e. The Kier molecular flexibility index (Phi) is 3.53. The Bertz CT molecular complexity index is 942. The summed E-state index contributed by atoms with van der Waals surface area (Å²) < 4.78 is 6.13. The third kappa shape index (κ3) is 3.00. The molecule has 0 aliphatic heterocycles. The Morgan fingerprint density at radius 2 is 2.08 bits per heavy atom. The summed E-state index contributed by atoms with van der Waals surface area (Å²) in [5.41, 5.74) is 2.06. The molecule has 122 valence electrons. The van der Waals surface area contributed by atoms with Crippen molar-refractivity contribution >= 4 is 44.5 Å². The van der Waals surface area contributed by atoms with Crippen LogP contribution in [0.3, 0.4) is 0 Å². The zero-order valence-electron chi connectivity index (χ0n) is 12.8. The summed E-state index contributed by atoms with van der Waals surface area (Å²) in [6, 6.07) is 5.94. The number of oxazole rings is 1. The molecule has 1 aliphatic rings. The summed E-state index contributed by atoms with van der Waals surface area (Å²) >= 11 is 1.39. The normalized spacial score (nSPS) is 13.9. The molecule has 1 aliphatic carbocycles. The van der Waals surface area contributed by atoms with Crippen molar-refractivity contribution in [1.82, 2.24) is 9.97 Å². The molecule has 1 aromatic carbocycles. The average molecular weight is 342 g/mol. The van der Waals surface area contributed by atoms with E-state index in [1.165, 1.54) is 17.6 Å². The quantitative estimate of drug-likeness (QED) is 0.759. The van der Waals surface area contributed by atoms with Crippen molar-refractivity contribution in [2.75, 3.05) is 10.6 Å². The summed E-state index contributed by atoms with van der Waals surface area (Å²) in [5, 5.41) is 5.76. The number of benzene rings is 1. The highest BCUT2D eigenvalue weighted by atomic mass is 32.1. The Morgan fingerprint density at radius 1 is 1.25 bits per heavy atom. The number of aryl methyl sites for hydroxylation is 1. The van der Waals surface area contributed by atoms with E-state index >= 15 is 0 Å². The number of anilines is 2. The van der Waals surface area contributed by atoms with Gasteiger partial charge in [0.2, 0.25) is 5.91 Å². The Labute approximate surface area is 141 Å². The van der Waals surface area contributed by atoms with Gasteiger partial charge in [-0.1, -0.05) is 17.4 Å². The van der Waals surface area contributed by atoms with Gasteiger partial charge in [-0.2, -0.15) is 4.98 Å².